The average Bonchev–Trinajstić information content (AvgIpc) is 2.36. The largest absolute Gasteiger partial charge is 0.345 e. The molecular formula is C17H21BrN2S. The third-order valence-electron chi connectivity index (χ3n) is 3.61. The average molecular weight is 365 g/mol. The first-order chi connectivity index (χ1) is 9.68. The fourth-order valence-corrected chi connectivity index (χ4v) is 3.21. The lowest BCUT2D eigenvalue weighted by Crippen LogP contribution is -2.17. The Morgan fingerprint density at radius 1 is 1.19 bits per heavy atom. The normalized spacial score (nSPS) is 11.7. The molecule has 1 N–H and O–H groups in total. The van der Waals surface area contributed by atoms with E-state index < -0.39 is 0 Å². The van der Waals surface area contributed by atoms with E-state index in [9.17, 15) is 0 Å². The summed E-state index contributed by atoms with van der Waals surface area (Å²) < 4.78 is 1.52. The molecule has 0 atom stereocenters. The van der Waals surface area contributed by atoms with Gasteiger partial charge in [-0.05, 0) is 46.5 Å². The number of aryl methyl sites for hydroxylation is 2. The predicted octanol–water partition coefficient (Wildman–Crippen LogP) is 5.41. The van der Waals surface area contributed by atoms with Crippen LogP contribution in [0.3, 0.4) is 0 Å². The highest BCUT2D eigenvalue weighted by Crippen LogP contribution is 2.28. The number of rotatable bonds is 2. The zero-order chi connectivity index (χ0) is 15.8. The van der Waals surface area contributed by atoms with Gasteiger partial charge >= 0.3 is 0 Å². The molecule has 21 heavy (non-hydrogen) atoms. The SMILES string of the molecule is Cc1ccc(Cc2nc(=S)c(Br)c(C(C)(C)C)[nH]2)cc1C. The van der Waals surface area contributed by atoms with Gasteiger partial charge in [-0.3, -0.25) is 0 Å². The first-order valence-corrected chi connectivity index (χ1v) is 8.24. The van der Waals surface area contributed by atoms with Crippen LogP contribution < -0.4 is 0 Å². The molecule has 0 aliphatic rings. The summed E-state index contributed by atoms with van der Waals surface area (Å²) in [5.41, 5.74) is 4.96. The molecule has 112 valence electrons. The number of halogens is 1. The molecule has 2 aromatic rings. The third kappa shape index (κ3) is 3.80. The second-order valence-corrected chi connectivity index (χ2v) is 7.70. The molecule has 0 amide bonds. The summed E-state index contributed by atoms with van der Waals surface area (Å²) in [7, 11) is 0. The molecule has 0 radical (unpaired) electrons. The first kappa shape index (κ1) is 16.4. The van der Waals surface area contributed by atoms with Crippen molar-refractivity contribution < 1.29 is 0 Å². The van der Waals surface area contributed by atoms with Gasteiger partial charge in [0.25, 0.3) is 0 Å². The van der Waals surface area contributed by atoms with Crippen LogP contribution >= 0.6 is 28.1 Å². The molecule has 0 saturated heterocycles. The van der Waals surface area contributed by atoms with Crippen LogP contribution in [-0.2, 0) is 11.8 Å². The summed E-state index contributed by atoms with van der Waals surface area (Å²) in [4.78, 5) is 7.96. The summed E-state index contributed by atoms with van der Waals surface area (Å²) in [6, 6.07) is 6.52. The Balaban J connectivity index is 2.43. The maximum Gasteiger partial charge on any atom is 0.144 e. The van der Waals surface area contributed by atoms with Crippen molar-refractivity contribution in [1.29, 1.82) is 0 Å². The van der Waals surface area contributed by atoms with Gasteiger partial charge in [0.1, 0.15) is 10.5 Å². The van der Waals surface area contributed by atoms with Crippen LogP contribution in [0.4, 0.5) is 0 Å². The highest BCUT2D eigenvalue weighted by atomic mass is 79.9. The van der Waals surface area contributed by atoms with Crippen molar-refractivity contribution >= 4 is 28.1 Å². The zero-order valence-corrected chi connectivity index (χ0v) is 15.6. The van der Waals surface area contributed by atoms with Crippen LogP contribution in [0.2, 0.25) is 0 Å². The molecule has 0 bridgehead atoms. The van der Waals surface area contributed by atoms with Crippen molar-refractivity contribution in [2.24, 2.45) is 0 Å². The van der Waals surface area contributed by atoms with Gasteiger partial charge < -0.3 is 4.98 Å². The standard InChI is InChI=1S/C17H21BrN2S/c1-10-6-7-12(8-11(10)2)9-13-19-15(17(3,4)5)14(18)16(21)20-13/h6-8H,9H2,1-5H3,(H,19,20,21). The minimum absolute atomic E-state index is 0.00667. The van der Waals surface area contributed by atoms with Crippen LogP contribution in [0.1, 0.15) is 49.0 Å². The van der Waals surface area contributed by atoms with Crippen LogP contribution in [0, 0.1) is 18.5 Å². The fraction of sp³-hybridized carbons (Fsp3) is 0.412. The van der Waals surface area contributed by atoms with Crippen molar-refractivity contribution in [3.8, 4) is 0 Å². The molecule has 0 unspecified atom stereocenters. The van der Waals surface area contributed by atoms with Gasteiger partial charge in [0.05, 0.1) is 4.47 Å². The molecular weight excluding hydrogens is 344 g/mol. The van der Waals surface area contributed by atoms with Gasteiger partial charge in [0.15, 0.2) is 0 Å². The molecule has 0 aliphatic carbocycles. The number of nitrogens with zero attached hydrogens (tertiary/aromatic N) is 1. The Morgan fingerprint density at radius 3 is 2.43 bits per heavy atom. The second kappa shape index (κ2) is 6.01. The van der Waals surface area contributed by atoms with Gasteiger partial charge in [-0.2, -0.15) is 0 Å². The Bertz CT molecular complexity index is 727. The van der Waals surface area contributed by atoms with Crippen molar-refractivity contribution in [3.63, 3.8) is 0 Å². The Hall–Kier alpha value is -1.00. The lowest BCUT2D eigenvalue weighted by atomic mass is 9.92. The molecule has 0 fully saturated rings. The van der Waals surface area contributed by atoms with Crippen LogP contribution in [0.5, 0.6) is 0 Å². The fourth-order valence-electron chi connectivity index (χ4n) is 2.21. The number of H-pyrrole nitrogens is 1. The van der Waals surface area contributed by atoms with Gasteiger partial charge in [-0.25, -0.2) is 4.98 Å². The topological polar surface area (TPSA) is 28.7 Å². The van der Waals surface area contributed by atoms with Crippen molar-refractivity contribution in [3.05, 3.63) is 55.5 Å². The van der Waals surface area contributed by atoms with E-state index in [0.29, 0.717) is 4.64 Å². The van der Waals surface area contributed by atoms with E-state index in [1.807, 2.05) is 0 Å². The molecule has 2 rings (SSSR count). The highest BCUT2D eigenvalue weighted by molar-refractivity contribution is 9.10. The summed E-state index contributed by atoms with van der Waals surface area (Å²) in [5.74, 6) is 0.913. The summed E-state index contributed by atoms with van der Waals surface area (Å²) in [6.07, 6.45) is 0.765. The van der Waals surface area contributed by atoms with E-state index in [0.717, 1.165) is 22.4 Å². The molecule has 1 aromatic carbocycles. The molecule has 1 heterocycles. The summed E-state index contributed by atoms with van der Waals surface area (Å²) >= 11 is 8.94. The van der Waals surface area contributed by atoms with E-state index in [1.165, 1.54) is 16.7 Å². The number of benzene rings is 1. The summed E-state index contributed by atoms with van der Waals surface area (Å²) in [5, 5.41) is 0. The van der Waals surface area contributed by atoms with Crippen molar-refractivity contribution in [1.82, 2.24) is 9.97 Å². The van der Waals surface area contributed by atoms with Gasteiger partial charge in [-0.15, -0.1) is 0 Å². The molecule has 0 spiro atoms. The number of aromatic nitrogens is 2. The third-order valence-corrected chi connectivity index (χ3v) is 4.94. The second-order valence-electron chi connectivity index (χ2n) is 6.52. The van der Waals surface area contributed by atoms with Crippen LogP contribution in [-0.4, -0.2) is 9.97 Å². The van der Waals surface area contributed by atoms with E-state index >= 15 is 0 Å². The monoisotopic (exact) mass is 364 g/mol. The van der Waals surface area contributed by atoms with Crippen LogP contribution in [0.25, 0.3) is 0 Å². The summed E-state index contributed by atoms with van der Waals surface area (Å²) in [6.45, 7) is 10.8. The Labute approximate surface area is 140 Å². The van der Waals surface area contributed by atoms with E-state index in [1.54, 1.807) is 0 Å². The predicted molar refractivity (Wildman–Crippen MR) is 94.5 cm³/mol. The lowest BCUT2D eigenvalue weighted by Gasteiger charge is -2.21. The van der Waals surface area contributed by atoms with Gasteiger partial charge in [0, 0.05) is 17.5 Å². The number of hydrogen-bond donors (Lipinski definition) is 1. The molecule has 1 aromatic heterocycles. The molecule has 0 aliphatic heterocycles. The number of hydrogen-bond acceptors (Lipinski definition) is 2. The smallest absolute Gasteiger partial charge is 0.144 e. The zero-order valence-electron chi connectivity index (χ0n) is 13.2. The first-order valence-electron chi connectivity index (χ1n) is 7.04. The highest BCUT2D eigenvalue weighted by Gasteiger charge is 2.20. The molecule has 0 saturated carbocycles. The van der Waals surface area contributed by atoms with E-state index in [-0.39, 0.29) is 5.41 Å². The van der Waals surface area contributed by atoms with Crippen molar-refractivity contribution in [2.45, 2.75) is 46.5 Å². The van der Waals surface area contributed by atoms with E-state index in [4.69, 9.17) is 12.2 Å². The minimum Gasteiger partial charge on any atom is -0.345 e. The molecule has 2 nitrogen and oxygen atoms in total. The number of nitrogens with one attached hydrogen (secondary N) is 1. The van der Waals surface area contributed by atoms with E-state index in [2.05, 4.69) is 78.7 Å². The maximum absolute atomic E-state index is 5.38. The molecule has 4 heteroatoms. The Morgan fingerprint density at radius 2 is 1.86 bits per heavy atom. The lowest BCUT2D eigenvalue weighted by molar-refractivity contribution is 0.558. The van der Waals surface area contributed by atoms with Crippen molar-refractivity contribution in [2.75, 3.05) is 0 Å². The Kier molecular flexibility index (Phi) is 4.69. The maximum atomic E-state index is 5.38. The quantitative estimate of drug-likeness (QED) is 0.721. The van der Waals surface area contributed by atoms with Gasteiger partial charge in [0.2, 0.25) is 0 Å². The van der Waals surface area contributed by atoms with Crippen LogP contribution in [0.15, 0.2) is 22.7 Å². The minimum atomic E-state index is -0.00667. The number of aromatic amines is 1. The van der Waals surface area contributed by atoms with Gasteiger partial charge in [-0.1, -0.05) is 51.2 Å².